The van der Waals surface area contributed by atoms with Crippen LogP contribution in [0.4, 0.5) is 0 Å². The summed E-state index contributed by atoms with van der Waals surface area (Å²) in [6.07, 6.45) is 13.7. The van der Waals surface area contributed by atoms with Crippen LogP contribution < -0.4 is 0 Å². The van der Waals surface area contributed by atoms with Crippen LogP contribution in [-0.4, -0.2) is 41.9 Å². The molecule has 6 atom stereocenters. The Morgan fingerprint density at radius 2 is 1.59 bits per heavy atom. The maximum atomic E-state index is 11.6. The zero-order chi connectivity index (χ0) is 26.4. The number of allylic oxidation sites excluding steroid dienone is 6. The molecular formula is C30H50O4. The van der Waals surface area contributed by atoms with Gasteiger partial charge in [-0.25, -0.2) is 0 Å². The highest BCUT2D eigenvalue weighted by molar-refractivity contribution is 5.83. The summed E-state index contributed by atoms with van der Waals surface area (Å²) >= 11 is 0. The molecule has 0 aliphatic heterocycles. The van der Waals surface area contributed by atoms with E-state index in [0.717, 1.165) is 24.0 Å². The Balaban J connectivity index is 4.87. The fraction of sp³-hybridized carbons (Fsp3) is 0.633. The summed E-state index contributed by atoms with van der Waals surface area (Å²) in [5.41, 5.74) is 2.97. The van der Waals surface area contributed by atoms with E-state index in [9.17, 15) is 9.90 Å². The van der Waals surface area contributed by atoms with Crippen molar-refractivity contribution in [1.82, 2.24) is 0 Å². The highest BCUT2D eigenvalue weighted by Crippen LogP contribution is 2.29. The number of hydrogen-bond donors (Lipinski definition) is 2. The Labute approximate surface area is 209 Å². The van der Waals surface area contributed by atoms with E-state index in [4.69, 9.17) is 9.84 Å². The molecule has 4 heteroatoms. The second-order valence-corrected chi connectivity index (χ2v) is 10.3. The molecule has 0 aliphatic carbocycles. The van der Waals surface area contributed by atoms with Crippen LogP contribution in [0.25, 0.3) is 0 Å². The van der Waals surface area contributed by atoms with Gasteiger partial charge in [-0.1, -0.05) is 90.2 Å². The molecule has 0 radical (unpaired) electrons. The second kappa shape index (κ2) is 16.8. The van der Waals surface area contributed by atoms with Gasteiger partial charge >= 0.3 is 0 Å². The zero-order valence-corrected chi connectivity index (χ0v) is 23.0. The van der Waals surface area contributed by atoms with Crippen LogP contribution in [0.3, 0.4) is 0 Å². The first-order chi connectivity index (χ1) is 15.8. The SMILES string of the molecule is C=C(C(C)CC(C)/C=C/C=C/C=C(\C)C(CC(C)C)OC)C(C)C(O)/C(C)=C/C(C)C(=O)CO. The summed E-state index contributed by atoms with van der Waals surface area (Å²) in [5, 5.41) is 19.8. The monoisotopic (exact) mass is 474 g/mol. The smallest absolute Gasteiger partial charge is 0.164 e. The molecule has 0 amide bonds. The van der Waals surface area contributed by atoms with E-state index >= 15 is 0 Å². The van der Waals surface area contributed by atoms with E-state index in [1.807, 2.05) is 13.8 Å². The average Bonchev–Trinajstić information content (AvgIpc) is 2.79. The molecule has 0 fully saturated rings. The summed E-state index contributed by atoms with van der Waals surface area (Å²) in [6.45, 7) is 20.2. The molecule has 0 aromatic heterocycles. The number of ether oxygens (including phenoxy) is 1. The number of methoxy groups -OCH3 is 1. The van der Waals surface area contributed by atoms with Gasteiger partial charge < -0.3 is 14.9 Å². The number of ketones is 1. The lowest BCUT2D eigenvalue weighted by atomic mass is 9.81. The van der Waals surface area contributed by atoms with Crippen LogP contribution in [0, 0.1) is 29.6 Å². The molecule has 0 aromatic rings. The molecule has 0 heterocycles. The molecule has 0 spiro atoms. The van der Waals surface area contributed by atoms with Crippen molar-refractivity contribution < 1.29 is 19.7 Å². The van der Waals surface area contributed by atoms with Crippen molar-refractivity contribution in [2.24, 2.45) is 29.6 Å². The quantitative estimate of drug-likeness (QED) is 0.199. The molecule has 0 saturated carbocycles. The summed E-state index contributed by atoms with van der Waals surface area (Å²) in [6, 6.07) is 0. The second-order valence-electron chi connectivity index (χ2n) is 10.3. The van der Waals surface area contributed by atoms with Crippen LogP contribution >= 0.6 is 0 Å². The van der Waals surface area contributed by atoms with Gasteiger partial charge in [0.25, 0.3) is 0 Å². The molecule has 34 heavy (non-hydrogen) atoms. The minimum absolute atomic E-state index is 0.119. The van der Waals surface area contributed by atoms with Crippen molar-refractivity contribution in [3.63, 3.8) is 0 Å². The Morgan fingerprint density at radius 1 is 0.971 bits per heavy atom. The van der Waals surface area contributed by atoms with E-state index in [2.05, 4.69) is 71.6 Å². The molecule has 194 valence electrons. The number of aliphatic hydroxyl groups excluding tert-OH is 2. The standard InChI is InChI=1S/C30H50O4/c1-20(2)16-29(34-10)22(4)15-13-11-12-14-21(3)17-23(5)26(8)27(9)30(33)25(7)18-24(6)28(32)19-31/h11-15,18,20-21,23-24,27,29-31,33H,8,16-17,19H2,1-7,9-10H3/b13-11+,14-12+,22-15+,25-18+. The summed E-state index contributed by atoms with van der Waals surface area (Å²) < 4.78 is 5.59. The minimum Gasteiger partial charge on any atom is -0.389 e. The van der Waals surface area contributed by atoms with Crippen LogP contribution in [-0.2, 0) is 9.53 Å². The lowest BCUT2D eigenvalue weighted by Gasteiger charge is -2.27. The van der Waals surface area contributed by atoms with Gasteiger partial charge in [0.05, 0.1) is 12.2 Å². The predicted molar refractivity (Wildman–Crippen MR) is 145 cm³/mol. The number of carbonyl (C=O) groups is 1. The van der Waals surface area contributed by atoms with Gasteiger partial charge in [0, 0.05) is 18.9 Å². The van der Waals surface area contributed by atoms with E-state index in [0.29, 0.717) is 11.8 Å². The number of carbonyl (C=O) groups excluding carboxylic acids is 1. The predicted octanol–water partition coefficient (Wildman–Crippen LogP) is 6.47. The Hall–Kier alpha value is -1.75. The third-order valence-electron chi connectivity index (χ3n) is 6.56. The third-order valence-corrected chi connectivity index (χ3v) is 6.56. The van der Waals surface area contributed by atoms with Gasteiger partial charge in [0.2, 0.25) is 0 Å². The Morgan fingerprint density at radius 3 is 2.12 bits per heavy atom. The molecule has 0 bridgehead atoms. The van der Waals surface area contributed by atoms with Crippen LogP contribution in [0.15, 0.2) is 59.8 Å². The Bertz CT molecular complexity index is 741. The van der Waals surface area contributed by atoms with Crippen molar-refractivity contribution in [2.75, 3.05) is 13.7 Å². The third kappa shape index (κ3) is 12.1. The van der Waals surface area contributed by atoms with Crippen molar-refractivity contribution in [3.8, 4) is 0 Å². The van der Waals surface area contributed by atoms with Gasteiger partial charge in [0.1, 0.15) is 6.61 Å². The highest BCUT2D eigenvalue weighted by Gasteiger charge is 2.24. The molecule has 0 aromatic carbocycles. The fourth-order valence-electron chi connectivity index (χ4n) is 4.09. The lowest BCUT2D eigenvalue weighted by Crippen LogP contribution is -2.25. The van der Waals surface area contributed by atoms with Crippen LogP contribution in [0.5, 0.6) is 0 Å². The molecule has 0 aliphatic rings. The van der Waals surface area contributed by atoms with Crippen molar-refractivity contribution >= 4 is 5.78 Å². The zero-order valence-electron chi connectivity index (χ0n) is 23.0. The number of aliphatic hydroxyl groups is 2. The summed E-state index contributed by atoms with van der Waals surface area (Å²) in [5.74, 6) is 0.435. The topological polar surface area (TPSA) is 66.8 Å². The maximum absolute atomic E-state index is 11.6. The van der Waals surface area contributed by atoms with Gasteiger partial charge in [0.15, 0.2) is 5.78 Å². The van der Waals surface area contributed by atoms with E-state index in [1.54, 1.807) is 20.1 Å². The Kier molecular flexibility index (Phi) is 15.9. The van der Waals surface area contributed by atoms with Gasteiger partial charge in [-0.3, -0.25) is 4.79 Å². The molecule has 0 rings (SSSR count). The first kappa shape index (κ1) is 32.2. The normalized spacial score (nSPS) is 18.8. The van der Waals surface area contributed by atoms with E-state index in [-0.39, 0.29) is 23.7 Å². The largest absolute Gasteiger partial charge is 0.389 e. The van der Waals surface area contributed by atoms with Crippen molar-refractivity contribution in [1.29, 1.82) is 0 Å². The minimum atomic E-state index is -0.695. The first-order valence-electron chi connectivity index (χ1n) is 12.6. The van der Waals surface area contributed by atoms with Crippen LogP contribution in [0.2, 0.25) is 0 Å². The van der Waals surface area contributed by atoms with E-state index < -0.39 is 18.6 Å². The lowest BCUT2D eigenvalue weighted by molar-refractivity contribution is -0.123. The molecule has 6 unspecified atom stereocenters. The van der Waals surface area contributed by atoms with Gasteiger partial charge in [-0.05, 0) is 55.6 Å². The molecule has 4 nitrogen and oxygen atoms in total. The van der Waals surface area contributed by atoms with Crippen molar-refractivity contribution in [3.05, 3.63) is 59.8 Å². The average molecular weight is 475 g/mol. The number of rotatable bonds is 16. The van der Waals surface area contributed by atoms with Crippen molar-refractivity contribution in [2.45, 2.75) is 80.4 Å². The summed E-state index contributed by atoms with van der Waals surface area (Å²) in [7, 11) is 1.76. The van der Waals surface area contributed by atoms with Gasteiger partial charge in [-0.2, -0.15) is 0 Å². The summed E-state index contributed by atoms with van der Waals surface area (Å²) in [4.78, 5) is 11.6. The number of Topliss-reactive ketones (excluding diaryl/α,β-unsaturated/α-hetero) is 1. The van der Waals surface area contributed by atoms with E-state index in [1.165, 1.54) is 5.57 Å². The first-order valence-corrected chi connectivity index (χ1v) is 12.6. The molecular weight excluding hydrogens is 424 g/mol. The molecule has 2 N–H and O–H groups in total. The van der Waals surface area contributed by atoms with Gasteiger partial charge in [-0.15, -0.1) is 0 Å². The molecule has 0 saturated heterocycles. The number of hydrogen-bond acceptors (Lipinski definition) is 4. The van der Waals surface area contributed by atoms with Crippen LogP contribution in [0.1, 0.15) is 68.2 Å². The maximum Gasteiger partial charge on any atom is 0.164 e. The highest BCUT2D eigenvalue weighted by atomic mass is 16.5. The fourth-order valence-corrected chi connectivity index (χ4v) is 4.09.